The molecule has 0 bridgehead atoms. The van der Waals surface area contributed by atoms with Gasteiger partial charge in [-0.3, -0.25) is 4.79 Å². The van der Waals surface area contributed by atoms with Gasteiger partial charge in [-0.25, -0.2) is 0 Å². The minimum absolute atomic E-state index is 0.0177. The standard InChI is InChI=1S/C22H29NO2/c1-15(2)12-21(18-8-10-20(25-5)11-9-18)23-22(24)14-19-7-6-16(3)13-17(19)4/h6-11,13,15,21H,12,14H2,1-5H3,(H,23,24)/t21-/m1/s1. The number of hydrogen-bond acceptors (Lipinski definition) is 2. The zero-order valence-electron chi connectivity index (χ0n) is 15.9. The van der Waals surface area contributed by atoms with Gasteiger partial charge in [-0.1, -0.05) is 49.7 Å². The molecule has 1 atom stereocenters. The number of ether oxygens (including phenoxy) is 1. The van der Waals surface area contributed by atoms with Crippen molar-refractivity contribution in [3.63, 3.8) is 0 Å². The summed E-state index contributed by atoms with van der Waals surface area (Å²) in [5.74, 6) is 1.38. The maximum atomic E-state index is 12.6. The van der Waals surface area contributed by atoms with Crippen molar-refractivity contribution in [1.82, 2.24) is 5.32 Å². The minimum Gasteiger partial charge on any atom is -0.497 e. The molecule has 0 fully saturated rings. The molecule has 2 aromatic carbocycles. The predicted octanol–water partition coefficient (Wildman–Crippen LogP) is 4.76. The zero-order valence-corrected chi connectivity index (χ0v) is 15.9. The van der Waals surface area contributed by atoms with Crippen LogP contribution >= 0.6 is 0 Å². The van der Waals surface area contributed by atoms with Crippen LogP contribution in [0.1, 0.15) is 48.6 Å². The average Bonchev–Trinajstić information content (AvgIpc) is 2.56. The summed E-state index contributed by atoms with van der Waals surface area (Å²) in [4.78, 5) is 12.6. The van der Waals surface area contributed by atoms with Crippen molar-refractivity contribution in [2.75, 3.05) is 7.11 Å². The van der Waals surface area contributed by atoms with E-state index in [0.717, 1.165) is 23.3 Å². The van der Waals surface area contributed by atoms with Gasteiger partial charge in [0.25, 0.3) is 0 Å². The maximum Gasteiger partial charge on any atom is 0.224 e. The van der Waals surface area contributed by atoms with E-state index in [-0.39, 0.29) is 11.9 Å². The molecule has 0 spiro atoms. The van der Waals surface area contributed by atoms with Crippen LogP contribution in [0.15, 0.2) is 42.5 Å². The Labute approximate surface area is 151 Å². The van der Waals surface area contributed by atoms with Crippen molar-refractivity contribution in [2.24, 2.45) is 5.92 Å². The van der Waals surface area contributed by atoms with Gasteiger partial charge in [0.1, 0.15) is 5.75 Å². The smallest absolute Gasteiger partial charge is 0.224 e. The van der Waals surface area contributed by atoms with Crippen molar-refractivity contribution in [1.29, 1.82) is 0 Å². The Morgan fingerprint density at radius 2 is 1.76 bits per heavy atom. The Morgan fingerprint density at radius 1 is 1.08 bits per heavy atom. The lowest BCUT2D eigenvalue weighted by Gasteiger charge is -2.22. The highest BCUT2D eigenvalue weighted by atomic mass is 16.5. The zero-order chi connectivity index (χ0) is 18.4. The third-order valence-electron chi connectivity index (χ3n) is 4.41. The molecule has 3 heteroatoms. The highest BCUT2D eigenvalue weighted by molar-refractivity contribution is 5.79. The Hall–Kier alpha value is -2.29. The normalized spacial score (nSPS) is 12.1. The molecule has 0 radical (unpaired) electrons. The van der Waals surface area contributed by atoms with Crippen molar-refractivity contribution in [3.8, 4) is 5.75 Å². The second-order valence-electron chi connectivity index (χ2n) is 7.13. The molecule has 0 aliphatic rings. The Morgan fingerprint density at radius 3 is 2.32 bits per heavy atom. The van der Waals surface area contributed by atoms with Crippen LogP contribution in [0, 0.1) is 19.8 Å². The summed E-state index contributed by atoms with van der Waals surface area (Å²) in [6.07, 6.45) is 1.32. The number of nitrogens with one attached hydrogen (secondary N) is 1. The number of aryl methyl sites for hydroxylation is 2. The van der Waals surface area contributed by atoms with Crippen LogP contribution in [0.2, 0.25) is 0 Å². The summed E-state index contributed by atoms with van der Waals surface area (Å²) in [7, 11) is 1.66. The molecule has 0 heterocycles. The van der Waals surface area contributed by atoms with Crippen molar-refractivity contribution >= 4 is 5.91 Å². The number of hydrogen-bond donors (Lipinski definition) is 1. The van der Waals surface area contributed by atoms with Gasteiger partial charge in [-0.15, -0.1) is 0 Å². The second kappa shape index (κ2) is 8.70. The number of carbonyl (C=O) groups is 1. The first-order valence-corrected chi connectivity index (χ1v) is 8.88. The fraction of sp³-hybridized carbons (Fsp3) is 0.409. The third-order valence-corrected chi connectivity index (χ3v) is 4.41. The summed E-state index contributed by atoms with van der Waals surface area (Å²) >= 11 is 0. The summed E-state index contributed by atoms with van der Waals surface area (Å²) in [6.45, 7) is 8.48. The largest absolute Gasteiger partial charge is 0.497 e. The molecule has 2 aromatic rings. The quantitative estimate of drug-likeness (QED) is 0.790. The molecule has 25 heavy (non-hydrogen) atoms. The highest BCUT2D eigenvalue weighted by Crippen LogP contribution is 2.24. The number of methoxy groups -OCH3 is 1. The van der Waals surface area contributed by atoms with Gasteiger partial charge in [0.2, 0.25) is 5.91 Å². The molecule has 1 N–H and O–H groups in total. The first-order valence-electron chi connectivity index (χ1n) is 8.88. The lowest BCUT2D eigenvalue weighted by molar-refractivity contribution is -0.121. The average molecular weight is 339 g/mol. The summed E-state index contributed by atoms with van der Waals surface area (Å²) in [5, 5.41) is 3.21. The van der Waals surface area contributed by atoms with E-state index in [2.05, 4.69) is 51.2 Å². The third kappa shape index (κ3) is 5.63. The molecule has 134 valence electrons. The van der Waals surface area contributed by atoms with Gasteiger partial charge in [-0.05, 0) is 55.0 Å². The Balaban J connectivity index is 2.11. The van der Waals surface area contributed by atoms with Crippen LogP contribution in [0.4, 0.5) is 0 Å². The maximum absolute atomic E-state index is 12.6. The number of amides is 1. The monoisotopic (exact) mass is 339 g/mol. The molecule has 0 unspecified atom stereocenters. The van der Waals surface area contributed by atoms with E-state index < -0.39 is 0 Å². The SMILES string of the molecule is COc1ccc([C@@H](CC(C)C)NC(=O)Cc2ccc(C)cc2C)cc1. The van der Waals surface area contributed by atoms with E-state index in [4.69, 9.17) is 4.74 Å². The van der Waals surface area contributed by atoms with Gasteiger partial charge in [0.15, 0.2) is 0 Å². The number of rotatable bonds is 7. The van der Waals surface area contributed by atoms with Gasteiger partial charge in [0, 0.05) is 0 Å². The Kier molecular flexibility index (Phi) is 6.63. The van der Waals surface area contributed by atoms with Crippen molar-refractivity contribution in [2.45, 2.75) is 46.6 Å². The van der Waals surface area contributed by atoms with E-state index in [1.165, 1.54) is 11.1 Å². The van der Waals surface area contributed by atoms with Crippen LogP contribution in [-0.2, 0) is 11.2 Å². The molecule has 0 saturated heterocycles. The Bertz CT molecular complexity index is 704. The molecule has 2 rings (SSSR count). The van der Waals surface area contributed by atoms with E-state index in [1.807, 2.05) is 24.3 Å². The van der Waals surface area contributed by atoms with Crippen molar-refractivity contribution in [3.05, 3.63) is 64.7 Å². The van der Waals surface area contributed by atoms with Crippen LogP contribution in [0.25, 0.3) is 0 Å². The second-order valence-corrected chi connectivity index (χ2v) is 7.13. The first kappa shape index (κ1) is 19.0. The number of carbonyl (C=O) groups excluding carboxylic acids is 1. The van der Waals surface area contributed by atoms with E-state index in [1.54, 1.807) is 7.11 Å². The van der Waals surface area contributed by atoms with Crippen LogP contribution in [0.3, 0.4) is 0 Å². The van der Waals surface area contributed by atoms with Crippen LogP contribution in [-0.4, -0.2) is 13.0 Å². The van der Waals surface area contributed by atoms with Crippen LogP contribution < -0.4 is 10.1 Å². The van der Waals surface area contributed by atoms with Crippen LogP contribution in [0.5, 0.6) is 5.75 Å². The highest BCUT2D eigenvalue weighted by Gasteiger charge is 2.17. The molecule has 3 nitrogen and oxygen atoms in total. The first-order chi connectivity index (χ1) is 11.9. The fourth-order valence-electron chi connectivity index (χ4n) is 3.05. The van der Waals surface area contributed by atoms with E-state index in [0.29, 0.717) is 12.3 Å². The summed E-state index contributed by atoms with van der Waals surface area (Å²) in [6, 6.07) is 14.2. The molecule has 0 saturated carbocycles. The molecular formula is C22H29NO2. The van der Waals surface area contributed by atoms with Gasteiger partial charge >= 0.3 is 0 Å². The topological polar surface area (TPSA) is 38.3 Å². The van der Waals surface area contributed by atoms with Crippen molar-refractivity contribution < 1.29 is 9.53 Å². The van der Waals surface area contributed by atoms with E-state index >= 15 is 0 Å². The lowest BCUT2D eigenvalue weighted by Crippen LogP contribution is -2.31. The van der Waals surface area contributed by atoms with Gasteiger partial charge < -0.3 is 10.1 Å². The molecule has 0 aromatic heterocycles. The number of benzene rings is 2. The summed E-state index contributed by atoms with van der Waals surface area (Å²) < 4.78 is 5.23. The summed E-state index contributed by atoms with van der Waals surface area (Å²) in [5.41, 5.74) is 4.59. The molecule has 1 amide bonds. The fourth-order valence-corrected chi connectivity index (χ4v) is 3.05. The minimum atomic E-state index is 0.0177. The van der Waals surface area contributed by atoms with Gasteiger partial charge in [0.05, 0.1) is 19.6 Å². The van der Waals surface area contributed by atoms with E-state index in [9.17, 15) is 4.79 Å². The molecular weight excluding hydrogens is 310 g/mol. The lowest BCUT2D eigenvalue weighted by atomic mass is 9.96. The molecule has 0 aliphatic heterocycles. The molecule has 0 aliphatic carbocycles. The predicted molar refractivity (Wildman–Crippen MR) is 103 cm³/mol. The van der Waals surface area contributed by atoms with Gasteiger partial charge in [-0.2, -0.15) is 0 Å².